The molecule has 25 heavy (non-hydrogen) atoms. The van der Waals surface area contributed by atoms with E-state index in [0.717, 1.165) is 19.3 Å². The first-order valence-electron chi connectivity index (χ1n) is 8.28. The molecule has 1 fully saturated rings. The van der Waals surface area contributed by atoms with Crippen LogP contribution < -0.4 is 5.32 Å². The molecule has 0 saturated carbocycles. The second-order valence-electron chi connectivity index (χ2n) is 5.91. The molecule has 6 nitrogen and oxygen atoms in total. The third-order valence-electron chi connectivity index (χ3n) is 4.04. The summed E-state index contributed by atoms with van der Waals surface area (Å²) in [5.74, 6) is -0.739. The molecule has 1 aromatic carbocycles. The third kappa shape index (κ3) is 4.01. The molecule has 0 bridgehead atoms. The second-order valence-corrected chi connectivity index (χ2v) is 6.91. The first-order chi connectivity index (χ1) is 12.1. The molecule has 1 atom stereocenters. The molecule has 2 heterocycles. The summed E-state index contributed by atoms with van der Waals surface area (Å²) >= 11 is 1.18. The molecule has 1 aliphatic rings. The number of nitrogens with zero attached hydrogens (tertiary/aromatic N) is 3. The minimum atomic E-state index is -0.432. The smallest absolute Gasteiger partial charge is 0.286 e. The summed E-state index contributed by atoms with van der Waals surface area (Å²) in [6, 6.07) is 5.56. The number of rotatable bonds is 5. The van der Waals surface area contributed by atoms with Gasteiger partial charge in [-0.25, -0.2) is 4.39 Å². The lowest BCUT2D eigenvalue weighted by molar-refractivity contribution is -0.132. The molecule has 1 aromatic heterocycles. The van der Waals surface area contributed by atoms with E-state index in [9.17, 15) is 14.0 Å². The van der Waals surface area contributed by atoms with Gasteiger partial charge in [-0.2, -0.15) is 0 Å². The van der Waals surface area contributed by atoms with Crippen LogP contribution in [0.1, 0.15) is 53.5 Å². The zero-order valence-electron chi connectivity index (χ0n) is 13.9. The minimum absolute atomic E-state index is 0.104. The highest BCUT2D eigenvalue weighted by molar-refractivity contribution is 7.13. The number of nitrogens with one attached hydrogen (secondary N) is 1. The molecule has 0 spiro atoms. The van der Waals surface area contributed by atoms with Gasteiger partial charge in [-0.3, -0.25) is 9.59 Å². The van der Waals surface area contributed by atoms with E-state index in [1.54, 1.807) is 6.07 Å². The summed E-state index contributed by atoms with van der Waals surface area (Å²) < 4.78 is 13.2. The molecule has 132 valence electrons. The van der Waals surface area contributed by atoms with Crippen LogP contribution in [-0.2, 0) is 4.79 Å². The largest absolute Gasteiger partial charge is 0.333 e. The van der Waals surface area contributed by atoms with Crippen LogP contribution in [0.15, 0.2) is 24.3 Å². The number of halogens is 1. The lowest BCUT2D eigenvalue weighted by Gasteiger charge is -2.22. The van der Waals surface area contributed by atoms with Gasteiger partial charge in [-0.1, -0.05) is 24.3 Å². The molecular formula is C17H19FN4O2S. The normalized spacial score (nSPS) is 16.9. The van der Waals surface area contributed by atoms with E-state index in [-0.39, 0.29) is 17.0 Å². The molecule has 0 aliphatic carbocycles. The van der Waals surface area contributed by atoms with Crippen LogP contribution in [0.3, 0.4) is 0 Å². The van der Waals surface area contributed by atoms with Gasteiger partial charge in [0.05, 0.1) is 6.04 Å². The Labute approximate surface area is 149 Å². The van der Waals surface area contributed by atoms with Crippen LogP contribution >= 0.6 is 11.3 Å². The van der Waals surface area contributed by atoms with Crippen LogP contribution in [0.4, 0.5) is 10.1 Å². The van der Waals surface area contributed by atoms with Crippen LogP contribution in [0, 0.1) is 5.82 Å². The maximum Gasteiger partial charge on any atom is 0.286 e. The Kier molecular flexibility index (Phi) is 5.37. The molecular weight excluding hydrogens is 343 g/mol. The van der Waals surface area contributed by atoms with Crippen molar-refractivity contribution in [1.29, 1.82) is 0 Å². The number of hydrogen-bond acceptors (Lipinski definition) is 5. The Balaban J connectivity index is 1.71. The topological polar surface area (TPSA) is 75.2 Å². The predicted octanol–water partition coefficient (Wildman–Crippen LogP) is 3.39. The van der Waals surface area contributed by atoms with Crippen LogP contribution in [0.25, 0.3) is 0 Å². The van der Waals surface area contributed by atoms with E-state index in [1.165, 1.54) is 29.5 Å². The Morgan fingerprint density at radius 3 is 3.00 bits per heavy atom. The standard InChI is InChI=1S/C17H19FN4O2S/c1-2-5-14(23)22-9-4-8-13(22)16-20-21-17(25-16)15(24)19-12-7-3-6-11(18)10-12/h3,6-7,10,13H,2,4-5,8-9H2,1H3,(H,19,24)/t13-/m0/s1. The van der Waals surface area contributed by atoms with Crippen LogP contribution in [-0.4, -0.2) is 33.5 Å². The Morgan fingerprint density at radius 1 is 1.40 bits per heavy atom. The van der Waals surface area contributed by atoms with E-state index in [1.807, 2.05) is 11.8 Å². The molecule has 1 saturated heterocycles. The van der Waals surface area contributed by atoms with Gasteiger partial charge in [-0.05, 0) is 37.5 Å². The van der Waals surface area contributed by atoms with Gasteiger partial charge < -0.3 is 10.2 Å². The zero-order valence-corrected chi connectivity index (χ0v) is 14.7. The SMILES string of the molecule is CCCC(=O)N1CCC[C@H]1c1nnc(C(=O)Nc2cccc(F)c2)s1. The number of benzene rings is 1. The lowest BCUT2D eigenvalue weighted by Crippen LogP contribution is -2.30. The number of amides is 2. The average Bonchev–Trinajstić information content (AvgIpc) is 3.24. The minimum Gasteiger partial charge on any atom is -0.333 e. The molecule has 1 aliphatic heterocycles. The third-order valence-corrected chi connectivity index (χ3v) is 5.06. The van der Waals surface area contributed by atoms with Gasteiger partial charge in [0, 0.05) is 18.7 Å². The highest BCUT2D eigenvalue weighted by atomic mass is 32.1. The monoisotopic (exact) mass is 362 g/mol. The number of carbonyl (C=O) groups excluding carboxylic acids is 2. The van der Waals surface area contributed by atoms with Crippen LogP contribution in [0.2, 0.25) is 0 Å². The number of hydrogen-bond donors (Lipinski definition) is 1. The van der Waals surface area contributed by atoms with Crippen molar-refractivity contribution in [2.75, 3.05) is 11.9 Å². The van der Waals surface area contributed by atoms with E-state index in [2.05, 4.69) is 15.5 Å². The number of carbonyl (C=O) groups is 2. The van der Waals surface area contributed by atoms with E-state index < -0.39 is 11.7 Å². The van der Waals surface area contributed by atoms with Crippen molar-refractivity contribution in [3.05, 3.63) is 40.1 Å². The maximum atomic E-state index is 13.2. The molecule has 3 rings (SSSR count). The molecule has 2 aromatic rings. The molecule has 8 heteroatoms. The lowest BCUT2D eigenvalue weighted by atomic mass is 10.2. The van der Waals surface area contributed by atoms with E-state index in [0.29, 0.717) is 23.7 Å². The number of anilines is 1. The molecule has 2 amide bonds. The molecule has 0 unspecified atom stereocenters. The fraction of sp³-hybridized carbons (Fsp3) is 0.412. The number of aromatic nitrogens is 2. The first-order valence-corrected chi connectivity index (χ1v) is 9.10. The quantitative estimate of drug-likeness (QED) is 0.885. The Hall–Kier alpha value is -2.35. The molecule has 0 radical (unpaired) electrons. The fourth-order valence-corrected chi connectivity index (χ4v) is 3.78. The first kappa shape index (κ1) is 17.5. The summed E-state index contributed by atoms with van der Waals surface area (Å²) in [6.45, 7) is 2.69. The van der Waals surface area contributed by atoms with Crippen LogP contribution in [0.5, 0.6) is 0 Å². The van der Waals surface area contributed by atoms with Crippen molar-refractivity contribution in [2.45, 2.75) is 38.6 Å². The highest BCUT2D eigenvalue weighted by Gasteiger charge is 2.32. The molecule has 1 N–H and O–H groups in total. The number of likely N-dealkylation sites (tertiary alicyclic amines) is 1. The van der Waals surface area contributed by atoms with Gasteiger partial charge in [0.2, 0.25) is 10.9 Å². The van der Waals surface area contributed by atoms with Crippen molar-refractivity contribution < 1.29 is 14.0 Å². The van der Waals surface area contributed by atoms with Gasteiger partial charge in [-0.15, -0.1) is 10.2 Å². The van der Waals surface area contributed by atoms with Crippen molar-refractivity contribution in [2.24, 2.45) is 0 Å². The maximum absolute atomic E-state index is 13.2. The van der Waals surface area contributed by atoms with Crippen molar-refractivity contribution in [3.8, 4) is 0 Å². The van der Waals surface area contributed by atoms with Crippen molar-refractivity contribution in [1.82, 2.24) is 15.1 Å². The van der Waals surface area contributed by atoms with Crippen molar-refractivity contribution >= 4 is 28.8 Å². The van der Waals surface area contributed by atoms with E-state index >= 15 is 0 Å². The zero-order chi connectivity index (χ0) is 17.8. The summed E-state index contributed by atoms with van der Waals surface area (Å²) in [5, 5.41) is 11.5. The fourth-order valence-electron chi connectivity index (χ4n) is 2.89. The highest BCUT2D eigenvalue weighted by Crippen LogP contribution is 2.34. The Bertz CT molecular complexity index is 780. The Morgan fingerprint density at radius 2 is 2.24 bits per heavy atom. The summed E-state index contributed by atoms with van der Waals surface area (Å²) in [4.78, 5) is 26.3. The summed E-state index contributed by atoms with van der Waals surface area (Å²) in [5.41, 5.74) is 0.363. The summed E-state index contributed by atoms with van der Waals surface area (Å²) in [7, 11) is 0. The van der Waals surface area contributed by atoms with Gasteiger partial charge in [0.25, 0.3) is 5.91 Å². The van der Waals surface area contributed by atoms with Crippen molar-refractivity contribution in [3.63, 3.8) is 0 Å². The van der Waals surface area contributed by atoms with Gasteiger partial charge in [0.15, 0.2) is 0 Å². The van der Waals surface area contributed by atoms with Gasteiger partial charge >= 0.3 is 0 Å². The summed E-state index contributed by atoms with van der Waals surface area (Å²) in [6.07, 6.45) is 3.07. The second kappa shape index (κ2) is 7.69. The average molecular weight is 362 g/mol. The van der Waals surface area contributed by atoms with E-state index in [4.69, 9.17) is 0 Å². The predicted molar refractivity (Wildman–Crippen MR) is 92.9 cm³/mol. The van der Waals surface area contributed by atoms with Gasteiger partial charge in [0.1, 0.15) is 10.8 Å².